The van der Waals surface area contributed by atoms with Crippen molar-refractivity contribution in [2.45, 2.75) is 26.3 Å². The molecule has 0 aliphatic rings. The molecule has 0 aliphatic heterocycles. The average Bonchev–Trinajstić information content (AvgIpc) is 3.00. The van der Waals surface area contributed by atoms with Gasteiger partial charge in [0.15, 0.2) is 6.29 Å². The third-order valence-electron chi connectivity index (χ3n) is 3.93. The fourth-order valence-corrected chi connectivity index (χ4v) is 2.74. The average molecular weight is 304 g/mol. The summed E-state index contributed by atoms with van der Waals surface area (Å²) in [4.78, 5) is 16.6. The van der Waals surface area contributed by atoms with Gasteiger partial charge in [-0.15, -0.1) is 0 Å². The van der Waals surface area contributed by atoms with E-state index < -0.39 is 0 Å². The van der Waals surface area contributed by atoms with Gasteiger partial charge in [-0.2, -0.15) is 0 Å². The zero-order valence-corrected chi connectivity index (χ0v) is 13.3. The minimum absolute atomic E-state index is 0.656. The quantitative estimate of drug-likeness (QED) is 0.611. The van der Waals surface area contributed by atoms with Crippen molar-refractivity contribution in [2.75, 3.05) is 0 Å². The monoisotopic (exact) mass is 304 g/mol. The van der Waals surface area contributed by atoms with Crippen LogP contribution >= 0.6 is 0 Å². The number of hydrogen-bond donors (Lipinski definition) is 0. The molecule has 0 unspecified atom stereocenters. The number of hydrogen-bond acceptors (Lipinski definition) is 2. The second-order valence-corrected chi connectivity index (χ2v) is 5.52. The lowest BCUT2D eigenvalue weighted by Crippen LogP contribution is -2.05. The Kier molecular flexibility index (Phi) is 4.67. The van der Waals surface area contributed by atoms with Crippen LogP contribution in [-0.4, -0.2) is 15.8 Å². The lowest BCUT2D eigenvalue weighted by molar-refractivity contribution is 0.111. The van der Waals surface area contributed by atoms with Gasteiger partial charge in [0.2, 0.25) is 0 Å². The minimum Gasteiger partial charge on any atom is -0.321 e. The van der Waals surface area contributed by atoms with Crippen LogP contribution in [0.3, 0.4) is 0 Å². The number of aldehydes is 1. The number of nitrogens with zero attached hydrogens (tertiary/aromatic N) is 2. The molecule has 0 saturated carbocycles. The Labute approximate surface area is 136 Å². The number of carbonyl (C=O) groups excluding carboxylic acids is 1. The van der Waals surface area contributed by atoms with E-state index in [1.807, 2.05) is 65.2 Å². The predicted molar refractivity (Wildman–Crippen MR) is 93.4 cm³/mol. The van der Waals surface area contributed by atoms with Crippen molar-refractivity contribution in [3.63, 3.8) is 0 Å². The topological polar surface area (TPSA) is 34.9 Å². The van der Waals surface area contributed by atoms with Crippen molar-refractivity contribution >= 4 is 6.29 Å². The summed E-state index contributed by atoms with van der Waals surface area (Å²) in [5.41, 5.74) is 3.43. The summed E-state index contributed by atoms with van der Waals surface area (Å²) in [5, 5.41) is 0. The fraction of sp³-hybridized carbons (Fsp3) is 0.200. The largest absolute Gasteiger partial charge is 0.321 e. The van der Waals surface area contributed by atoms with Gasteiger partial charge in [0.05, 0.1) is 5.69 Å². The molecular weight excluding hydrogens is 284 g/mol. The van der Waals surface area contributed by atoms with Crippen molar-refractivity contribution in [1.82, 2.24) is 9.55 Å². The van der Waals surface area contributed by atoms with Crippen LogP contribution in [0.2, 0.25) is 0 Å². The predicted octanol–water partition coefficient (Wildman–Crippen LogP) is 4.83. The number of imidazole rings is 1. The molecule has 0 spiro atoms. The highest BCUT2D eigenvalue weighted by atomic mass is 16.1. The van der Waals surface area contributed by atoms with Crippen LogP contribution in [-0.2, 0) is 6.54 Å². The van der Waals surface area contributed by atoms with E-state index in [4.69, 9.17) is 4.98 Å². The van der Waals surface area contributed by atoms with Gasteiger partial charge in [0.25, 0.3) is 0 Å². The Morgan fingerprint density at radius 3 is 2.13 bits per heavy atom. The van der Waals surface area contributed by atoms with Crippen molar-refractivity contribution in [1.29, 1.82) is 0 Å². The minimum atomic E-state index is 0.656. The van der Waals surface area contributed by atoms with E-state index in [1.165, 1.54) is 0 Å². The highest BCUT2D eigenvalue weighted by molar-refractivity contribution is 5.86. The van der Waals surface area contributed by atoms with Gasteiger partial charge in [-0.1, -0.05) is 74.0 Å². The second-order valence-electron chi connectivity index (χ2n) is 5.52. The summed E-state index contributed by atoms with van der Waals surface area (Å²) >= 11 is 0. The molecule has 0 fully saturated rings. The highest BCUT2D eigenvalue weighted by Gasteiger charge is 2.18. The van der Waals surface area contributed by atoms with Crippen LogP contribution < -0.4 is 0 Å². The number of carbonyl (C=O) groups is 1. The van der Waals surface area contributed by atoms with Crippen molar-refractivity contribution in [3.05, 3.63) is 66.4 Å². The Morgan fingerprint density at radius 1 is 0.957 bits per heavy atom. The summed E-state index contributed by atoms with van der Waals surface area (Å²) in [5.74, 6) is 0.861. The molecule has 3 heteroatoms. The van der Waals surface area contributed by atoms with Crippen molar-refractivity contribution in [2.24, 2.45) is 0 Å². The lowest BCUT2D eigenvalue weighted by Gasteiger charge is -2.09. The molecule has 0 aliphatic carbocycles. The zero-order chi connectivity index (χ0) is 16.1. The van der Waals surface area contributed by atoms with E-state index in [-0.39, 0.29) is 0 Å². The Morgan fingerprint density at radius 2 is 1.57 bits per heavy atom. The maximum Gasteiger partial charge on any atom is 0.168 e. The normalized spacial score (nSPS) is 10.7. The van der Waals surface area contributed by atoms with E-state index in [9.17, 15) is 4.79 Å². The van der Waals surface area contributed by atoms with E-state index in [1.54, 1.807) is 0 Å². The molecule has 0 amide bonds. The summed E-state index contributed by atoms with van der Waals surface area (Å²) in [6.45, 7) is 2.95. The molecule has 116 valence electrons. The van der Waals surface area contributed by atoms with Crippen molar-refractivity contribution in [3.8, 4) is 22.6 Å². The number of benzene rings is 2. The first-order chi connectivity index (χ1) is 11.3. The van der Waals surface area contributed by atoms with E-state index >= 15 is 0 Å². The van der Waals surface area contributed by atoms with Gasteiger partial charge in [-0.25, -0.2) is 4.98 Å². The molecule has 0 radical (unpaired) electrons. The van der Waals surface area contributed by atoms with Gasteiger partial charge in [0, 0.05) is 17.7 Å². The molecule has 23 heavy (non-hydrogen) atoms. The highest BCUT2D eigenvalue weighted by Crippen LogP contribution is 2.28. The summed E-state index contributed by atoms with van der Waals surface area (Å²) in [6.07, 6.45) is 3.02. The number of rotatable bonds is 6. The van der Waals surface area contributed by atoms with Crippen LogP contribution in [0.25, 0.3) is 22.6 Å². The molecule has 0 saturated heterocycles. The first-order valence-corrected chi connectivity index (χ1v) is 8.01. The van der Waals surface area contributed by atoms with E-state index in [2.05, 4.69) is 6.92 Å². The lowest BCUT2D eigenvalue weighted by atomic mass is 10.1. The molecule has 1 heterocycles. The Balaban J connectivity index is 2.18. The summed E-state index contributed by atoms with van der Waals surface area (Å²) in [7, 11) is 0. The van der Waals surface area contributed by atoms with Gasteiger partial charge < -0.3 is 4.57 Å². The standard InChI is InChI=1S/C20H20N2O/c1-2-3-14-22-18(15-23)19(16-10-6-4-7-11-16)21-20(22)17-12-8-5-9-13-17/h4-13,15H,2-3,14H2,1H3. The van der Waals surface area contributed by atoms with E-state index in [0.29, 0.717) is 5.69 Å². The first kappa shape index (κ1) is 15.2. The number of aromatic nitrogens is 2. The maximum absolute atomic E-state index is 11.8. The molecule has 3 aromatic rings. The fourth-order valence-electron chi connectivity index (χ4n) is 2.74. The van der Waals surface area contributed by atoms with E-state index in [0.717, 1.165) is 48.3 Å². The molecule has 0 N–H and O–H groups in total. The Hall–Kier alpha value is -2.68. The van der Waals surface area contributed by atoms with Crippen molar-refractivity contribution < 1.29 is 4.79 Å². The van der Waals surface area contributed by atoms with Gasteiger partial charge >= 0.3 is 0 Å². The molecule has 2 aromatic carbocycles. The molecular formula is C20H20N2O. The second kappa shape index (κ2) is 7.05. The summed E-state index contributed by atoms with van der Waals surface area (Å²) < 4.78 is 2.05. The summed E-state index contributed by atoms with van der Waals surface area (Å²) in [6, 6.07) is 19.9. The van der Waals surface area contributed by atoms with Crippen LogP contribution in [0.5, 0.6) is 0 Å². The van der Waals surface area contributed by atoms with Gasteiger partial charge in [-0.05, 0) is 6.42 Å². The maximum atomic E-state index is 11.8. The molecule has 0 bridgehead atoms. The molecule has 1 aromatic heterocycles. The zero-order valence-electron chi connectivity index (χ0n) is 13.3. The third kappa shape index (κ3) is 3.09. The smallest absolute Gasteiger partial charge is 0.168 e. The van der Waals surface area contributed by atoms with Crippen LogP contribution in [0.4, 0.5) is 0 Å². The van der Waals surface area contributed by atoms with Gasteiger partial charge in [0.1, 0.15) is 11.5 Å². The van der Waals surface area contributed by atoms with Gasteiger partial charge in [-0.3, -0.25) is 4.79 Å². The first-order valence-electron chi connectivity index (χ1n) is 8.01. The molecule has 0 atom stereocenters. The van der Waals surface area contributed by atoms with Crippen LogP contribution in [0.15, 0.2) is 60.7 Å². The van der Waals surface area contributed by atoms with Crippen LogP contribution in [0, 0.1) is 0 Å². The number of unbranched alkanes of at least 4 members (excludes halogenated alkanes) is 1. The molecule has 3 rings (SSSR count). The molecule has 3 nitrogen and oxygen atoms in total. The Bertz CT molecular complexity index is 776. The van der Waals surface area contributed by atoms with Crippen LogP contribution in [0.1, 0.15) is 30.3 Å². The third-order valence-corrected chi connectivity index (χ3v) is 3.93. The SMILES string of the molecule is CCCCn1c(-c2ccccc2)nc(-c2ccccc2)c1C=O.